The minimum absolute atomic E-state index is 0.377. The summed E-state index contributed by atoms with van der Waals surface area (Å²) < 4.78 is 33.8. The van der Waals surface area contributed by atoms with E-state index < -0.39 is 12.1 Å². The first-order valence-corrected chi connectivity index (χ1v) is 8.40. The summed E-state index contributed by atoms with van der Waals surface area (Å²) in [4.78, 5) is 8.90. The monoisotopic (exact) mass is 389 g/mol. The molecule has 1 fully saturated rings. The lowest BCUT2D eigenvalue weighted by molar-refractivity contribution is -0.192. The van der Waals surface area contributed by atoms with Gasteiger partial charge in [0.1, 0.15) is 0 Å². The second-order valence-corrected chi connectivity index (χ2v) is 6.52. The molecule has 0 spiro atoms. The Morgan fingerprint density at radius 3 is 2.19 bits per heavy atom. The number of hydrogen-bond donors (Lipinski definition) is 2. The van der Waals surface area contributed by atoms with E-state index in [-0.39, 0.29) is 0 Å². The number of aliphatic carboxylic acids is 1. The van der Waals surface area contributed by atoms with E-state index in [1.807, 2.05) is 30.5 Å². The molecule has 0 amide bonds. The third-order valence-electron chi connectivity index (χ3n) is 4.14. The van der Waals surface area contributed by atoms with Crippen molar-refractivity contribution in [3.8, 4) is 11.1 Å². The van der Waals surface area contributed by atoms with Crippen LogP contribution in [-0.4, -0.2) is 33.1 Å². The van der Waals surface area contributed by atoms with Gasteiger partial charge in [0, 0.05) is 22.8 Å². The Labute approximate surface area is 153 Å². The summed E-state index contributed by atoms with van der Waals surface area (Å²) in [7, 11) is 0. The zero-order valence-electron chi connectivity index (χ0n) is 13.8. The third kappa shape index (κ3) is 5.74. The molecule has 3 rings (SSSR count). The molecule has 1 aliphatic rings. The van der Waals surface area contributed by atoms with Crippen molar-refractivity contribution in [2.24, 2.45) is 5.73 Å². The van der Waals surface area contributed by atoms with Crippen molar-refractivity contribution in [2.75, 3.05) is 0 Å². The molecule has 1 aromatic heterocycles. The Morgan fingerprint density at radius 2 is 1.69 bits per heavy atom. The first-order valence-electron chi connectivity index (χ1n) is 8.02. The molecule has 0 atom stereocenters. The van der Waals surface area contributed by atoms with Gasteiger partial charge in [-0.1, -0.05) is 23.7 Å². The van der Waals surface area contributed by atoms with Crippen LogP contribution < -0.4 is 5.73 Å². The predicted octanol–water partition coefficient (Wildman–Crippen LogP) is 4.28. The lowest BCUT2D eigenvalue weighted by Gasteiger charge is -2.26. The molecule has 9 heteroatoms. The van der Waals surface area contributed by atoms with E-state index in [1.54, 1.807) is 0 Å². The highest BCUT2D eigenvalue weighted by atomic mass is 35.5. The zero-order valence-corrected chi connectivity index (χ0v) is 14.5. The molecule has 0 unspecified atom stereocenters. The SMILES string of the molecule is N[C@H]1CC[C@H](n2cc(-c3ccc(Cl)cc3)cn2)CC1.O=C(O)C(F)(F)F. The van der Waals surface area contributed by atoms with Crippen LogP contribution >= 0.6 is 11.6 Å². The van der Waals surface area contributed by atoms with Gasteiger partial charge in [0.2, 0.25) is 0 Å². The van der Waals surface area contributed by atoms with Gasteiger partial charge in [-0.15, -0.1) is 0 Å². The van der Waals surface area contributed by atoms with Gasteiger partial charge in [-0.2, -0.15) is 18.3 Å². The number of hydrogen-bond acceptors (Lipinski definition) is 3. The van der Waals surface area contributed by atoms with Crippen molar-refractivity contribution < 1.29 is 23.1 Å². The molecule has 1 saturated carbocycles. The maximum absolute atomic E-state index is 10.6. The minimum atomic E-state index is -5.08. The van der Waals surface area contributed by atoms with Crippen LogP contribution in [0.2, 0.25) is 5.02 Å². The number of carboxylic acid groups (broad SMARTS) is 1. The summed E-state index contributed by atoms with van der Waals surface area (Å²) in [5, 5.41) is 12.4. The Balaban J connectivity index is 0.000000298. The van der Waals surface area contributed by atoms with E-state index in [1.165, 1.54) is 0 Å². The van der Waals surface area contributed by atoms with E-state index in [2.05, 4.69) is 16.0 Å². The molecular weight excluding hydrogens is 371 g/mol. The predicted molar refractivity (Wildman–Crippen MR) is 91.8 cm³/mol. The number of carbonyl (C=O) groups is 1. The molecule has 26 heavy (non-hydrogen) atoms. The second-order valence-electron chi connectivity index (χ2n) is 6.09. The van der Waals surface area contributed by atoms with Crippen LogP contribution in [0, 0.1) is 0 Å². The van der Waals surface area contributed by atoms with Crippen molar-refractivity contribution in [3.63, 3.8) is 0 Å². The summed E-state index contributed by atoms with van der Waals surface area (Å²) in [5.74, 6) is -2.76. The fourth-order valence-electron chi connectivity index (χ4n) is 2.70. The van der Waals surface area contributed by atoms with Gasteiger partial charge in [-0.3, -0.25) is 4.68 Å². The smallest absolute Gasteiger partial charge is 0.475 e. The van der Waals surface area contributed by atoms with Crippen LogP contribution in [0.5, 0.6) is 0 Å². The van der Waals surface area contributed by atoms with Gasteiger partial charge >= 0.3 is 12.1 Å². The first kappa shape index (κ1) is 20.3. The average molecular weight is 390 g/mol. The van der Waals surface area contributed by atoms with E-state index in [9.17, 15) is 13.2 Å². The topological polar surface area (TPSA) is 81.1 Å². The molecule has 142 valence electrons. The van der Waals surface area contributed by atoms with E-state index in [4.69, 9.17) is 27.2 Å². The molecule has 0 radical (unpaired) electrons. The van der Waals surface area contributed by atoms with Crippen LogP contribution in [0.25, 0.3) is 11.1 Å². The van der Waals surface area contributed by atoms with Crippen LogP contribution in [0.15, 0.2) is 36.7 Å². The number of aromatic nitrogens is 2. The summed E-state index contributed by atoms with van der Waals surface area (Å²) in [6.45, 7) is 0. The largest absolute Gasteiger partial charge is 0.490 e. The Morgan fingerprint density at radius 1 is 1.15 bits per heavy atom. The average Bonchev–Trinajstić information content (AvgIpc) is 3.06. The fraction of sp³-hybridized carbons (Fsp3) is 0.412. The van der Waals surface area contributed by atoms with Crippen molar-refractivity contribution in [1.29, 1.82) is 0 Å². The Bertz CT molecular complexity index is 724. The number of nitrogens with zero attached hydrogens (tertiary/aromatic N) is 2. The summed E-state index contributed by atoms with van der Waals surface area (Å²) in [5.41, 5.74) is 8.24. The summed E-state index contributed by atoms with van der Waals surface area (Å²) >= 11 is 5.91. The number of halogens is 4. The molecule has 1 heterocycles. The maximum Gasteiger partial charge on any atom is 0.490 e. The fourth-order valence-corrected chi connectivity index (χ4v) is 2.82. The van der Waals surface area contributed by atoms with Gasteiger partial charge in [-0.25, -0.2) is 4.79 Å². The Kier molecular flexibility index (Phi) is 6.66. The summed E-state index contributed by atoms with van der Waals surface area (Å²) in [6.07, 6.45) is 3.43. The lowest BCUT2D eigenvalue weighted by atomic mass is 9.92. The van der Waals surface area contributed by atoms with Gasteiger partial charge in [-0.05, 0) is 43.4 Å². The highest BCUT2D eigenvalue weighted by molar-refractivity contribution is 6.30. The van der Waals surface area contributed by atoms with Crippen molar-refractivity contribution in [1.82, 2.24) is 9.78 Å². The standard InChI is InChI=1S/C15H18ClN3.C2HF3O2/c16-13-3-1-11(2-4-13)12-9-18-19(10-12)15-7-5-14(17)6-8-15;3-2(4,5)1(6)7/h1-4,9-10,14-15H,5-8,17H2;(H,6,7)/t14-,15-;. The Hall–Kier alpha value is -2.06. The van der Waals surface area contributed by atoms with Crippen LogP contribution in [0.3, 0.4) is 0 Å². The molecule has 0 bridgehead atoms. The first-order chi connectivity index (χ1) is 12.2. The zero-order chi connectivity index (χ0) is 19.3. The highest BCUT2D eigenvalue weighted by Crippen LogP contribution is 2.29. The number of benzene rings is 1. The van der Waals surface area contributed by atoms with E-state index in [0.717, 1.165) is 41.8 Å². The molecule has 1 aromatic carbocycles. The van der Waals surface area contributed by atoms with E-state index in [0.29, 0.717) is 12.1 Å². The molecule has 5 nitrogen and oxygen atoms in total. The minimum Gasteiger partial charge on any atom is -0.475 e. The third-order valence-corrected chi connectivity index (χ3v) is 4.39. The van der Waals surface area contributed by atoms with Gasteiger partial charge in [0.15, 0.2) is 0 Å². The van der Waals surface area contributed by atoms with Crippen LogP contribution in [0.4, 0.5) is 13.2 Å². The molecule has 1 aliphatic carbocycles. The normalized spacial score (nSPS) is 20.2. The molecular formula is C17H19ClF3N3O2. The van der Waals surface area contributed by atoms with E-state index >= 15 is 0 Å². The molecule has 0 aliphatic heterocycles. The van der Waals surface area contributed by atoms with Crippen molar-refractivity contribution in [3.05, 3.63) is 41.7 Å². The number of rotatable bonds is 2. The molecule has 0 saturated heterocycles. The second kappa shape index (κ2) is 8.55. The molecule has 2 aromatic rings. The number of carboxylic acids is 1. The quantitative estimate of drug-likeness (QED) is 0.803. The van der Waals surface area contributed by atoms with Gasteiger partial charge < -0.3 is 10.8 Å². The van der Waals surface area contributed by atoms with Crippen LogP contribution in [0.1, 0.15) is 31.7 Å². The highest BCUT2D eigenvalue weighted by Gasteiger charge is 2.38. The van der Waals surface area contributed by atoms with Crippen LogP contribution in [-0.2, 0) is 4.79 Å². The maximum atomic E-state index is 10.6. The molecule has 3 N–H and O–H groups in total. The number of nitrogens with two attached hydrogens (primary N) is 1. The lowest BCUT2D eigenvalue weighted by Crippen LogP contribution is -2.27. The van der Waals surface area contributed by atoms with Gasteiger partial charge in [0.05, 0.1) is 12.2 Å². The van der Waals surface area contributed by atoms with Crippen molar-refractivity contribution >= 4 is 17.6 Å². The van der Waals surface area contributed by atoms with Crippen molar-refractivity contribution in [2.45, 2.75) is 43.9 Å². The summed E-state index contributed by atoms with van der Waals surface area (Å²) in [6, 6.07) is 8.76. The number of alkyl halides is 3. The van der Waals surface area contributed by atoms with Gasteiger partial charge in [0.25, 0.3) is 0 Å².